The van der Waals surface area contributed by atoms with Gasteiger partial charge in [0, 0.05) is 0 Å². The number of carboxylic acids is 1. The number of nitrogens with zero attached hydrogens (tertiary/aromatic N) is 4. The van der Waals surface area contributed by atoms with Gasteiger partial charge in [-0.1, -0.05) is 0 Å². The van der Waals surface area contributed by atoms with Crippen LogP contribution in [0.1, 0.15) is 5.76 Å². The van der Waals surface area contributed by atoms with Gasteiger partial charge in [-0.15, -0.1) is 5.84 Å². The van der Waals surface area contributed by atoms with Gasteiger partial charge in [-0.2, -0.15) is 4.99 Å². The highest BCUT2D eigenvalue weighted by atomic mass is 16.4. The third-order valence-corrected chi connectivity index (χ3v) is 2.45. The van der Waals surface area contributed by atoms with Crippen molar-refractivity contribution < 1.29 is 19.0 Å². The van der Waals surface area contributed by atoms with E-state index < -0.39 is 10.7 Å². The summed E-state index contributed by atoms with van der Waals surface area (Å²) in [6.07, 6.45) is 3.98. The molecule has 1 unspecified atom stereocenters. The van der Waals surface area contributed by atoms with Crippen molar-refractivity contribution in [2.24, 2.45) is 20.9 Å². The van der Waals surface area contributed by atoms with Gasteiger partial charge >= 0.3 is 5.97 Å². The van der Waals surface area contributed by atoms with Crippen LogP contribution in [0.15, 0.2) is 49.8 Å². The van der Waals surface area contributed by atoms with Crippen LogP contribution < -0.4 is 5.84 Å². The summed E-state index contributed by atoms with van der Waals surface area (Å²) in [6.45, 7) is 0. The topological polar surface area (TPSA) is 114 Å². The molecule has 3 N–H and O–H groups in total. The Balaban J connectivity index is 2.06. The minimum absolute atomic E-state index is 0.180. The van der Waals surface area contributed by atoms with Crippen LogP contribution in [0.2, 0.25) is 0 Å². The molecule has 3 rings (SSSR count). The van der Waals surface area contributed by atoms with Crippen molar-refractivity contribution >= 4 is 23.9 Å². The largest absolute Gasteiger partial charge is 0.476 e. The molecule has 2 aliphatic heterocycles. The number of hydrogen-bond donors (Lipinski definition) is 2. The SMILES string of the molecule is N[N+]12C=C(C(=O)O)N=CC1=NC(c1ccco1)=N2. The van der Waals surface area contributed by atoms with E-state index >= 15 is 0 Å². The fourth-order valence-corrected chi connectivity index (χ4v) is 1.60. The molecule has 18 heavy (non-hydrogen) atoms. The smallest absolute Gasteiger partial charge is 0.360 e. The number of aliphatic carboxylic acids is 1. The third-order valence-electron chi connectivity index (χ3n) is 2.45. The lowest BCUT2D eigenvalue weighted by atomic mass is 10.4. The number of quaternary nitrogens is 1. The molecule has 0 bridgehead atoms. The van der Waals surface area contributed by atoms with Crippen molar-refractivity contribution in [3.05, 3.63) is 36.1 Å². The van der Waals surface area contributed by atoms with E-state index in [0.717, 1.165) is 0 Å². The number of carboxylic acid groups (broad SMARTS) is 1. The quantitative estimate of drug-likeness (QED) is 0.567. The van der Waals surface area contributed by atoms with Gasteiger partial charge in [0.1, 0.15) is 6.21 Å². The van der Waals surface area contributed by atoms with Gasteiger partial charge in [0.15, 0.2) is 12.0 Å². The number of hydrogen-bond acceptors (Lipinski definition) is 6. The molecule has 90 valence electrons. The molecule has 0 radical (unpaired) electrons. The first-order valence-electron chi connectivity index (χ1n) is 4.99. The van der Waals surface area contributed by atoms with Crippen LogP contribution in [-0.4, -0.2) is 33.7 Å². The van der Waals surface area contributed by atoms with Gasteiger partial charge < -0.3 is 9.52 Å². The Kier molecular flexibility index (Phi) is 2.03. The van der Waals surface area contributed by atoms with E-state index in [1.54, 1.807) is 12.1 Å². The van der Waals surface area contributed by atoms with E-state index in [-0.39, 0.29) is 5.70 Å². The van der Waals surface area contributed by atoms with E-state index in [0.29, 0.717) is 17.4 Å². The van der Waals surface area contributed by atoms with Crippen LogP contribution in [0.25, 0.3) is 0 Å². The van der Waals surface area contributed by atoms with Crippen LogP contribution >= 0.6 is 0 Å². The predicted molar refractivity (Wildman–Crippen MR) is 61.3 cm³/mol. The fourth-order valence-electron chi connectivity index (χ4n) is 1.60. The summed E-state index contributed by atoms with van der Waals surface area (Å²) < 4.78 is 4.59. The molecular formula is C10H8N5O3+. The first-order chi connectivity index (χ1) is 8.58. The number of furan rings is 1. The number of nitrogens with two attached hydrogens (primary N) is 1. The second-order valence-corrected chi connectivity index (χ2v) is 3.69. The van der Waals surface area contributed by atoms with Crippen molar-refractivity contribution in [1.82, 2.24) is 0 Å². The van der Waals surface area contributed by atoms with Crippen LogP contribution in [0.3, 0.4) is 0 Å². The average Bonchev–Trinajstić information content (AvgIpc) is 2.92. The normalized spacial score (nSPS) is 25.3. The van der Waals surface area contributed by atoms with Crippen LogP contribution in [-0.2, 0) is 4.79 Å². The first kappa shape index (κ1) is 10.6. The second kappa shape index (κ2) is 3.45. The monoisotopic (exact) mass is 246 g/mol. The Labute approximate surface area is 101 Å². The molecule has 0 saturated carbocycles. The second-order valence-electron chi connectivity index (χ2n) is 3.69. The Morgan fingerprint density at radius 2 is 2.33 bits per heavy atom. The highest BCUT2D eigenvalue weighted by Crippen LogP contribution is 2.21. The molecule has 0 aromatic carbocycles. The van der Waals surface area contributed by atoms with Crippen molar-refractivity contribution in [3.8, 4) is 0 Å². The van der Waals surface area contributed by atoms with Crippen molar-refractivity contribution in [2.45, 2.75) is 0 Å². The Morgan fingerprint density at radius 3 is 3.00 bits per heavy atom. The number of amidine groups is 2. The summed E-state index contributed by atoms with van der Waals surface area (Å²) in [5.74, 6) is 5.84. The first-order valence-corrected chi connectivity index (χ1v) is 4.99. The van der Waals surface area contributed by atoms with Gasteiger partial charge in [0.25, 0.3) is 11.7 Å². The predicted octanol–water partition coefficient (Wildman–Crippen LogP) is 0.0542. The lowest BCUT2D eigenvalue weighted by molar-refractivity contribution is -0.803. The van der Waals surface area contributed by atoms with Crippen LogP contribution in [0, 0.1) is 0 Å². The van der Waals surface area contributed by atoms with Gasteiger partial charge in [0.2, 0.25) is 5.70 Å². The number of carbonyl (C=O) groups is 1. The van der Waals surface area contributed by atoms with Gasteiger partial charge in [0.05, 0.1) is 6.26 Å². The number of rotatable bonds is 2. The lowest BCUT2D eigenvalue weighted by Gasteiger charge is -2.18. The highest BCUT2D eigenvalue weighted by Gasteiger charge is 2.41. The van der Waals surface area contributed by atoms with E-state index in [1.165, 1.54) is 18.7 Å². The molecule has 0 amide bonds. The Bertz CT molecular complexity index is 640. The minimum Gasteiger partial charge on any atom is -0.476 e. The summed E-state index contributed by atoms with van der Waals surface area (Å²) in [5, 5.41) is 13.0. The summed E-state index contributed by atoms with van der Waals surface area (Å²) in [4.78, 5) is 18.7. The van der Waals surface area contributed by atoms with Gasteiger partial charge in [-0.05, 0) is 21.9 Å². The molecule has 3 heterocycles. The molecule has 0 spiro atoms. The number of aliphatic imine (C=N–C) groups is 2. The molecule has 8 heteroatoms. The van der Waals surface area contributed by atoms with Crippen molar-refractivity contribution in [3.63, 3.8) is 0 Å². The van der Waals surface area contributed by atoms with Crippen molar-refractivity contribution in [2.75, 3.05) is 0 Å². The molecule has 1 aromatic heterocycles. The molecule has 1 atom stereocenters. The summed E-state index contributed by atoms with van der Waals surface area (Å²) in [5.41, 5.74) is -0.180. The molecule has 0 saturated heterocycles. The maximum absolute atomic E-state index is 10.8. The molecular weight excluding hydrogens is 238 g/mol. The zero-order valence-corrected chi connectivity index (χ0v) is 9.02. The van der Waals surface area contributed by atoms with Crippen molar-refractivity contribution in [1.29, 1.82) is 0 Å². The Hall–Kier alpha value is -2.58. The standard InChI is InChI=1S/C10H7N5O3/c11-15-5-6(10(16)17)12-4-8(15)13-9(14-15)7-2-1-3-18-7/h1-5H,11H2/p+1. The molecule has 0 fully saturated rings. The van der Waals surface area contributed by atoms with Crippen LogP contribution in [0.4, 0.5) is 0 Å². The van der Waals surface area contributed by atoms with E-state index in [2.05, 4.69) is 15.1 Å². The minimum atomic E-state index is -1.17. The molecule has 1 aromatic rings. The van der Waals surface area contributed by atoms with Gasteiger partial charge in [-0.3, -0.25) is 0 Å². The lowest BCUT2D eigenvalue weighted by Crippen LogP contribution is -2.50. The summed E-state index contributed by atoms with van der Waals surface area (Å²) in [6, 6.07) is 3.38. The summed E-state index contributed by atoms with van der Waals surface area (Å²) in [7, 11) is 0. The third kappa shape index (κ3) is 1.48. The fraction of sp³-hybridized carbons (Fsp3) is 0. The molecule has 8 nitrogen and oxygen atoms in total. The van der Waals surface area contributed by atoms with E-state index in [4.69, 9.17) is 15.4 Å². The zero-order chi connectivity index (χ0) is 12.8. The summed E-state index contributed by atoms with van der Waals surface area (Å²) >= 11 is 0. The Morgan fingerprint density at radius 1 is 1.50 bits per heavy atom. The average molecular weight is 246 g/mol. The highest BCUT2D eigenvalue weighted by molar-refractivity contribution is 6.31. The van der Waals surface area contributed by atoms with Crippen LogP contribution in [0.5, 0.6) is 0 Å². The van der Waals surface area contributed by atoms with E-state index in [9.17, 15) is 4.79 Å². The van der Waals surface area contributed by atoms with E-state index in [1.807, 2.05) is 0 Å². The molecule has 0 aliphatic carbocycles. The molecule has 2 aliphatic rings. The maximum Gasteiger partial charge on any atom is 0.360 e. The maximum atomic E-state index is 10.8. The van der Waals surface area contributed by atoms with Gasteiger partial charge in [-0.25, -0.2) is 9.79 Å². The number of fused-ring (bicyclic) bond motifs is 1. The zero-order valence-electron chi connectivity index (χ0n) is 9.02.